The molecule has 0 unspecified atom stereocenters. The van der Waals surface area contributed by atoms with Gasteiger partial charge in [-0.15, -0.1) is 0 Å². The van der Waals surface area contributed by atoms with Gasteiger partial charge < -0.3 is 5.73 Å². The van der Waals surface area contributed by atoms with Crippen LogP contribution < -0.4 is 5.73 Å². The van der Waals surface area contributed by atoms with Crippen molar-refractivity contribution in [2.75, 3.05) is 0 Å². The monoisotopic (exact) mass is 574 g/mol. The van der Waals surface area contributed by atoms with Crippen molar-refractivity contribution < 1.29 is 0 Å². The second kappa shape index (κ2) is 9.90. The molecule has 2 aliphatic rings. The zero-order chi connectivity index (χ0) is 30.0. The fraction of sp³-hybridized carbons (Fsp3) is 0.0465. The molecule has 9 rings (SSSR count). The van der Waals surface area contributed by atoms with Gasteiger partial charge in [-0.1, -0.05) is 127 Å². The smallest absolute Gasteiger partial charge is 0.0731 e. The van der Waals surface area contributed by atoms with E-state index in [0.29, 0.717) is 0 Å². The second-order valence-electron chi connectivity index (χ2n) is 12.0. The Hall–Kier alpha value is -5.73. The lowest BCUT2D eigenvalue weighted by atomic mass is 9.69. The number of fused-ring (bicyclic) bond motifs is 14. The average molecular weight is 575 g/mol. The Morgan fingerprint density at radius 2 is 1.36 bits per heavy atom. The van der Waals surface area contributed by atoms with Gasteiger partial charge in [0.1, 0.15) is 0 Å². The first kappa shape index (κ1) is 25.7. The summed E-state index contributed by atoms with van der Waals surface area (Å²) in [7, 11) is 0. The Kier molecular flexibility index (Phi) is 5.66. The van der Waals surface area contributed by atoms with Crippen LogP contribution in [0.5, 0.6) is 0 Å². The van der Waals surface area contributed by atoms with Crippen molar-refractivity contribution in [2.45, 2.75) is 11.8 Å². The quantitative estimate of drug-likeness (QED) is 0.213. The molecule has 0 radical (unpaired) electrons. The average Bonchev–Trinajstić information content (AvgIpc) is 3.58. The van der Waals surface area contributed by atoms with E-state index in [-0.39, 0.29) is 0 Å². The summed E-state index contributed by atoms with van der Waals surface area (Å²) in [4.78, 5) is 4.45. The van der Waals surface area contributed by atoms with Gasteiger partial charge in [-0.05, 0) is 95.4 Å². The van der Waals surface area contributed by atoms with E-state index in [0.717, 1.165) is 23.3 Å². The van der Waals surface area contributed by atoms with Gasteiger partial charge >= 0.3 is 0 Å². The van der Waals surface area contributed by atoms with E-state index in [4.69, 9.17) is 5.73 Å². The third-order valence-electron chi connectivity index (χ3n) is 9.81. The van der Waals surface area contributed by atoms with E-state index >= 15 is 0 Å². The van der Waals surface area contributed by atoms with Crippen LogP contribution in [0, 0.1) is 0 Å². The Balaban J connectivity index is 1.30. The molecule has 0 saturated carbocycles. The molecule has 2 N–H and O–H groups in total. The highest BCUT2D eigenvalue weighted by molar-refractivity contribution is 6.10. The molecule has 0 saturated heterocycles. The molecule has 6 aromatic carbocycles. The number of benzene rings is 6. The highest BCUT2D eigenvalue weighted by Crippen LogP contribution is 2.64. The summed E-state index contributed by atoms with van der Waals surface area (Å²) < 4.78 is 0. The maximum absolute atomic E-state index is 6.20. The van der Waals surface area contributed by atoms with Crippen LogP contribution >= 0.6 is 0 Å². The lowest BCUT2D eigenvalue weighted by Gasteiger charge is -2.31. The normalized spacial score (nSPS) is 14.2. The zero-order valence-electron chi connectivity index (χ0n) is 24.7. The number of nitrogens with two attached hydrogens (primary N) is 1. The first-order chi connectivity index (χ1) is 22.3. The Morgan fingerprint density at radius 1 is 0.622 bits per heavy atom. The maximum Gasteiger partial charge on any atom is 0.0731 e. The number of hydrogen-bond donors (Lipinski definition) is 1. The summed E-state index contributed by atoms with van der Waals surface area (Å²) >= 11 is 0. The van der Waals surface area contributed by atoms with E-state index in [2.05, 4.69) is 132 Å². The molecular formula is C43H30N2. The third-order valence-corrected chi connectivity index (χ3v) is 9.81. The highest BCUT2D eigenvalue weighted by Gasteiger charge is 2.52. The van der Waals surface area contributed by atoms with Crippen molar-refractivity contribution in [2.24, 2.45) is 5.73 Å². The van der Waals surface area contributed by atoms with Gasteiger partial charge in [-0.2, -0.15) is 0 Å². The summed E-state index contributed by atoms with van der Waals surface area (Å²) in [6, 6.07) is 49.0. The standard InChI is InChI=1S/C43H30N2/c44-27-31(11-9-13-32-12-7-8-25-45-32)29-19-22-34-30(26-29)20-23-37-41-33-14-2-1-10-28(33)21-24-40(41)43(42(34)37)38-17-5-3-15-35(38)36-16-4-6-18-39(36)43/h1-12,14-27H,13,44H2/b11-9-,31-27+. The van der Waals surface area contributed by atoms with Crippen molar-refractivity contribution in [3.05, 3.63) is 192 Å². The number of allylic oxidation sites excluding steroid dienone is 3. The minimum atomic E-state index is -0.405. The molecule has 45 heavy (non-hydrogen) atoms. The highest BCUT2D eigenvalue weighted by atomic mass is 14.7. The molecule has 0 bridgehead atoms. The van der Waals surface area contributed by atoms with Crippen LogP contribution in [0.15, 0.2) is 158 Å². The minimum absolute atomic E-state index is 0.405. The molecule has 2 nitrogen and oxygen atoms in total. The van der Waals surface area contributed by atoms with Gasteiger partial charge in [0, 0.05) is 24.5 Å². The number of rotatable bonds is 4. The van der Waals surface area contributed by atoms with Crippen LogP contribution in [-0.4, -0.2) is 4.98 Å². The van der Waals surface area contributed by atoms with E-state index < -0.39 is 5.41 Å². The predicted octanol–water partition coefficient (Wildman–Crippen LogP) is 9.83. The van der Waals surface area contributed by atoms with E-state index in [1.807, 2.05) is 24.4 Å². The Labute approximate surface area is 262 Å². The lowest BCUT2D eigenvalue weighted by molar-refractivity contribution is 0.802. The molecule has 0 aliphatic heterocycles. The largest absolute Gasteiger partial charge is 0.404 e. The fourth-order valence-electron chi connectivity index (χ4n) is 8.00. The Bertz CT molecular complexity index is 2320. The third kappa shape index (κ3) is 3.60. The predicted molar refractivity (Wildman–Crippen MR) is 187 cm³/mol. The SMILES string of the molecule is N/C=C(\C=C/Cc1ccccn1)c1ccc2c3c(ccc2c1)-c1c(ccc2ccccc12)C31c2ccccc2-c2ccccc21. The maximum atomic E-state index is 6.20. The van der Waals surface area contributed by atoms with Crippen LogP contribution in [0.4, 0.5) is 0 Å². The van der Waals surface area contributed by atoms with Gasteiger partial charge in [0.05, 0.1) is 5.41 Å². The molecule has 1 spiro atoms. The molecule has 7 aromatic rings. The fourth-order valence-corrected chi connectivity index (χ4v) is 8.00. The second-order valence-corrected chi connectivity index (χ2v) is 12.0. The van der Waals surface area contributed by atoms with Crippen molar-refractivity contribution in [3.63, 3.8) is 0 Å². The van der Waals surface area contributed by atoms with Gasteiger partial charge in [0.25, 0.3) is 0 Å². The van der Waals surface area contributed by atoms with E-state index in [1.165, 1.54) is 66.1 Å². The van der Waals surface area contributed by atoms with Crippen LogP contribution in [0.1, 0.15) is 33.5 Å². The van der Waals surface area contributed by atoms with E-state index in [9.17, 15) is 0 Å². The van der Waals surface area contributed by atoms with Gasteiger partial charge in [-0.3, -0.25) is 4.98 Å². The molecular weight excluding hydrogens is 544 g/mol. The van der Waals surface area contributed by atoms with Crippen molar-refractivity contribution in [1.29, 1.82) is 0 Å². The topological polar surface area (TPSA) is 38.9 Å². The Morgan fingerprint density at radius 3 is 2.13 bits per heavy atom. The summed E-state index contributed by atoms with van der Waals surface area (Å²) in [5.41, 5.74) is 19.7. The number of hydrogen-bond acceptors (Lipinski definition) is 2. The molecule has 1 heterocycles. The van der Waals surface area contributed by atoms with Crippen molar-refractivity contribution in [3.8, 4) is 22.3 Å². The molecule has 0 amide bonds. The molecule has 2 aliphatic carbocycles. The van der Waals surface area contributed by atoms with Crippen molar-refractivity contribution >= 4 is 27.1 Å². The summed E-state index contributed by atoms with van der Waals surface area (Å²) in [6.07, 6.45) is 8.54. The van der Waals surface area contributed by atoms with Gasteiger partial charge in [-0.25, -0.2) is 0 Å². The van der Waals surface area contributed by atoms with Crippen LogP contribution in [-0.2, 0) is 11.8 Å². The van der Waals surface area contributed by atoms with Crippen LogP contribution in [0.25, 0.3) is 49.4 Å². The molecule has 0 fully saturated rings. The van der Waals surface area contributed by atoms with Gasteiger partial charge in [0.15, 0.2) is 0 Å². The van der Waals surface area contributed by atoms with Gasteiger partial charge in [0.2, 0.25) is 0 Å². The zero-order valence-corrected chi connectivity index (χ0v) is 24.7. The molecule has 1 aromatic heterocycles. The van der Waals surface area contributed by atoms with Crippen LogP contribution in [0.2, 0.25) is 0 Å². The first-order valence-corrected chi connectivity index (χ1v) is 15.6. The van der Waals surface area contributed by atoms with Crippen LogP contribution in [0.3, 0.4) is 0 Å². The molecule has 2 heteroatoms. The molecule has 212 valence electrons. The first-order valence-electron chi connectivity index (χ1n) is 15.6. The number of aromatic nitrogens is 1. The van der Waals surface area contributed by atoms with Crippen molar-refractivity contribution in [1.82, 2.24) is 4.98 Å². The molecule has 0 atom stereocenters. The number of pyridine rings is 1. The summed E-state index contributed by atoms with van der Waals surface area (Å²) in [5.74, 6) is 0. The summed E-state index contributed by atoms with van der Waals surface area (Å²) in [6.45, 7) is 0. The van der Waals surface area contributed by atoms with E-state index in [1.54, 1.807) is 6.20 Å². The lowest BCUT2D eigenvalue weighted by Crippen LogP contribution is -2.26. The summed E-state index contributed by atoms with van der Waals surface area (Å²) in [5, 5.41) is 5.06. The number of nitrogens with zero attached hydrogens (tertiary/aromatic N) is 1. The minimum Gasteiger partial charge on any atom is -0.404 e.